The number of methoxy groups -OCH3 is 1. The van der Waals surface area contributed by atoms with E-state index in [-0.39, 0.29) is 11.7 Å². The van der Waals surface area contributed by atoms with Crippen molar-refractivity contribution in [1.82, 2.24) is 0 Å². The first-order chi connectivity index (χ1) is 14.3. The second-order valence-electron chi connectivity index (χ2n) is 8.49. The van der Waals surface area contributed by atoms with Crippen LogP contribution in [0, 0.1) is 6.92 Å². The van der Waals surface area contributed by atoms with Gasteiger partial charge in [-0.25, -0.2) is 4.79 Å². The Hall–Kier alpha value is -2.95. The van der Waals surface area contributed by atoms with Gasteiger partial charge in [-0.2, -0.15) is 0 Å². The molecule has 3 aromatic rings. The first-order valence-corrected chi connectivity index (χ1v) is 10.3. The second-order valence-corrected chi connectivity index (χ2v) is 8.49. The number of ether oxygens (including phenoxy) is 2. The summed E-state index contributed by atoms with van der Waals surface area (Å²) in [6, 6.07) is 7.54. The molecule has 0 radical (unpaired) electrons. The zero-order chi connectivity index (χ0) is 21.5. The molecule has 158 valence electrons. The Kier molecular flexibility index (Phi) is 5.22. The summed E-state index contributed by atoms with van der Waals surface area (Å²) in [6.45, 7) is 8.25. The molecular weight excluding hydrogens is 380 g/mol. The number of rotatable bonds is 6. The van der Waals surface area contributed by atoms with Gasteiger partial charge in [0.25, 0.3) is 0 Å². The molecule has 3 heterocycles. The molecule has 2 atom stereocenters. The third kappa shape index (κ3) is 3.53. The molecule has 0 saturated heterocycles. The fraction of sp³-hybridized carbons (Fsp3) is 0.400. The summed E-state index contributed by atoms with van der Waals surface area (Å²) >= 11 is 0. The van der Waals surface area contributed by atoms with Crippen LogP contribution in [0.1, 0.15) is 50.5 Å². The van der Waals surface area contributed by atoms with E-state index in [0.29, 0.717) is 22.6 Å². The maximum Gasteiger partial charge on any atom is 0.343 e. The van der Waals surface area contributed by atoms with E-state index in [9.17, 15) is 4.79 Å². The van der Waals surface area contributed by atoms with E-state index in [1.54, 1.807) is 19.4 Å². The van der Waals surface area contributed by atoms with Gasteiger partial charge >= 0.3 is 5.63 Å². The number of fused-ring (bicyclic) bond motifs is 3. The van der Waals surface area contributed by atoms with Gasteiger partial charge in [0.2, 0.25) is 0 Å². The van der Waals surface area contributed by atoms with Crippen molar-refractivity contribution in [2.24, 2.45) is 0 Å². The highest BCUT2D eigenvalue weighted by Gasteiger charge is 2.46. The van der Waals surface area contributed by atoms with Crippen LogP contribution in [0.2, 0.25) is 0 Å². The smallest absolute Gasteiger partial charge is 0.343 e. The van der Waals surface area contributed by atoms with Gasteiger partial charge in [-0.05, 0) is 57.4 Å². The van der Waals surface area contributed by atoms with Crippen molar-refractivity contribution in [3.05, 3.63) is 69.5 Å². The zero-order valence-electron chi connectivity index (χ0n) is 18.2. The first kappa shape index (κ1) is 20.3. The highest BCUT2D eigenvalue weighted by Crippen LogP contribution is 2.47. The molecular formula is C25H28O5. The molecule has 2 aromatic heterocycles. The molecule has 0 fully saturated rings. The van der Waals surface area contributed by atoms with Crippen LogP contribution in [0.4, 0.5) is 0 Å². The van der Waals surface area contributed by atoms with Crippen LogP contribution in [-0.2, 0) is 11.8 Å². The summed E-state index contributed by atoms with van der Waals surface area (Å²) in [5.74, 6) is 2.26. The lowest BCUT2D eigenvalue weighted by Gasteiger charge is -2.26. The van der Waals surface area contributed by atoms with E-state index in [1.807, 2.05) is 26.0 Å². The fourth-order valence-corrected chi connectivity index (χ4v) is 4.28. The van der Waals surface area contributed by atoms with Crippen LogP contribution in [-0.4, -0.2) is 13.2 Å². The van der Waals surface area contributed by atoms with Crippen molar-refractivity contribution in [2.45, 2.75) is 58.5 Å². The Balaban J connectivity index is 1.60. The first-order valence-electron chi connectivity index (χ1n) is 10.3. The Bertz CT molecular complexity index is 1170. The average molecular weight is 408 g/mol. The van der Waals surface area contributed by atoms with Crippen LogP contribution in [0.25, 0.3) is 11.0 Å². The van der Waals surface area contributed by atoms with Gasteiger partial charge in [0.15, 0.2) is 0 Å². The standard InChI is InChI=1S/C25H28O5/c1-15(11-19-12-16(2)14-28-19)7-6-10-25(4)17(3)29-23-20-9-8-18(27-5)13-21(20)30-24(26)22(23)25/h7-9,12-14,17H,6,10-11H2,1-5H3/b15-7+/t17-,25-/m0/s1. The molecule has 0 aliphatic carbocycles. The van der Waals surface area contributed by atoms with Crippen LogP contribution in [0.5, 0.6) is 11.5 Å². The molecule has 0 amide bonds. The van der Waals surface area contributed by atoms with E-state index < -0.39 is 5.41 Å². The van der Waals surface area contributed by atoms with Crippen LogP contribution < -0.4 is 15.1 Å². The van der Waals surface area contributed by atoms with E-state index in [0.717, 1.165) is 36.0 Å². The lowest BCUT2D eigenvalue weighted by Crippen LogP contribution is -2.35. The number of hydrogen-bond donors (Lipinski definition) is 0. The third-order valence-electron chi connectivity index (χ3n) is 6.22. The molecule has 1 aliphatic rings. The fourth-order valence-electron chi connectivity index (χ4n) is 4.28. The maximum atomic E-state index is 12.9. The van der Waals surface area contributed by atoms with E-state index in [1.165, 1.54) is 5.57 Å². The van der Waals surface area contributed by atoms with Gasteiger partial charge in [0.05, 0.1) is 24.3 Å². The maximum absolute atomic E-state index is 12.9. The molecule has 4 rings (SSSR count). The Morgan fingerprint density at radius 2 is 2.10 bits per heavy atom. The molecule has 1 aromatic carbocycles. The van der Waals surface area contributed by atoms with Gasteiger partial charge in [-0.3, -0.25) is 0 Å². The van der Waals surface area contributed by atoms with Gasteiger partial charge < -0.3 is 18.3 Å². The monoisotopic (exact) mass is 408 g/mol. The van der Waals surface area contributed by atoms with Gasteiger partial charge in [-0.15, -0.1) is 0 Å². The summed E-state index contributed by atoms with van der Waals surface area (Å²) in [4.78, 5) is 12.9. The second kappa shape index (κ2) is 7.71. The predicted molar refractivity (Wildman–Crippen MR) is 117 cm³/mol. The Morgan fingerprint density at radius 1 is 1.30 bits per heavy atom. The molecule has 0 spiro atoms. The van der Waals surface area contributed by atoms with Crippen LogP contribution >= 0.6 is 0 Å². The van der Waals surface area contributed by atoms with Crippen molar-refractivity contribution >= 4 is 11.0 Å². The summed E-state index contributed by atoms with van der Waals surface area (Å²) in [7, 11) is 1.59. The van der Waals surface area contributed by atoms with Crippen molar-refractivity contribution in [3.8, 4) is 11.5 Å². The molecule has 0 unspecified atom stereocenters. The van der Waals surface area contributed by atoms with Gasteiger partial charge in [0, 0.05) is 17.9 Å². The summed E-state index contributed by atoms with van der Waals surface area (Å²) in [5, 5.41) is 0.806. The van der Waals surface area contributed by atoms with Crippen molar-refractivity contribution in [2.75, 3.05) is 7.11 Å². The van der Waals surface area contributed by atoms with Crippen molar-refractivity contribution in [1.29, 1.82) is 0 Å². The molecule has 0 saturated carbocycles. The molecule has 30 heavy (non-hydrogen) atoms. The lowest BCUT2D eigenvalue weighted by atomic mass is 9.76. The van der Waals surface area contributed by atoms with Crippen molar-refractivity contribution < 1.29 is 18.3 Å². The number of furan rings is 1. The van der Waals surface area contributed by atoms with E-state index >= 15 is 0 Å². The van der Waals surface area contributed by atoms with Crippen LogP contribution in [0.15, 0.2) is 55.8 Å². The van der Waals surface area contributed by atoms with E-state index in [2.05, 4.69) is 26.0 Å². The van der Waals surface area contributed by atoms with E-state index in [4.69, 9.17) is 18.3 Å². The largest absolute Gasteiger partial charge is 0.497 e. The number of benzene rings is 1. The highest BCUT2D eigenvalue weighted by atomic mass is 16.5. The minimum atomic E-state index is -0.415. The highest BCUT2D eigenvalue weighted by molar-refractivity contribution is 5.86. The minimum Gasteiger partial charge on any atom is -0.497 e. The van der Waals surface area contributed by atoms with Gasteiger partial charge in [-0.1, -0.05) is 18.6 Å². The Labute approximate surface area is 176 Å². The minimum absolute atomic E-state index is 0.121. The lowest BCUT2D eigenvalue weighted by molar-refractivity contribution is 0.169. The van der Waals surface area contributed by atoms with Crippen LogP contribution in [0.3, 0.4) is 0 Å². The Morgan fingerprint density at radius 3 is 2.80 bits per heavy atom. The molecule has 5 nitrogen and oxygen atoms in total. The van der Waals surface area contributed by atoms with Gasteiger partial charge in [0.1, 0.15) is 28.9 Å². The quantitative estimate of drug-likeness (QED) is 0.386. The number of allylic oxidation sites excluding steroid dienone is 2. The molecule has 1 aliphatic heterocycles. The summed E-state index contributed by atoms with van der Waals surface area (Å²) in [5.41, 5.74) is 2.76. The topological polar surface area (TPSA) is 61.8 Å². The van der Waals surface area contributed by atoms with Crippen molar-refractivity contribution in [3.63, 3.8) is 0 Å². The molecule has 0 N–H and O–H groups in total. The number of aryl methyl sites for hydroxylation is 1. The SMILES string of the molecule is COc1ccc2c3c(c(=O)oc2c1)[C@@](C)(CC/C=C(\C)Cc1cc(C)co1)[C@H](C)O3. The zero-order valence-corrected chi connectivity index (χ0v) is 18.2. The number of hydrogen-bond acceptors (Lipinski definition) is 5. The predicted octanol–water partition coefficient (Wildman–Crippen LogP) is 5.71. The average Bonchev–Trinajstić information content (AvgIpc) is 3.22. The molecule has 0 bridgehead atoms. The normalized spacial score (nSPS) is 21.0. The summed E-state index contributed by atoms with van der Waals surface area (Å²) < 4.78 is 22.7. The molecule has 5 heteroatoms. The third-order valence-corrected chi connectivity index (χ3v) is 6.22. The summed E-state index contributed by atoms with van der Waals surface area (Å²) in [6.07, 6.45) is 6.31.